The normalized spacial score (nSPS) is 16.8. The highest BCUT2D eigenvalue weighted by molar-refractivity contribution is 5.97. The number of benzene rings is 3. The van der Waals surface area contributed by atoms with E-state index in [1.165, 1.54) is 29.2 Å². The zero-order chi connectivity index (χ0) is 29.2. The Hall–Kier alpha value is -4.41. The number of likely N-dealkylation sites (tertiary alicyclic amines) is 1. The summed E-state index contributed by atoms with van der Waals surface area (Å²) in [6, 6.07) is 19.2. The number of alkyl halides is 3. The highest BCUT2D eigenvalue weighted by Crippen LogP contribution is 2.39. The summed E-state index contributed by atoms with van der Waals surface area (Å²) in [4.78, 5) is 44.7. The topological polar surface area (TPSA) is 73.0 Å². The number of piperidine rings is 1. The lowest BCUT2D eigenvalue weighted by Gasteiger charge is -2.43. The number of carbonyl (C=O) groups is 3. The van der Waals surface area contributed by atoms with Gasteiger partial charge in [-0.1, -0.05) is 30.3 Å². The van der Waals surface area contributed by atoms with Crippen molar-refractivity contribution in [3.05, 3.63) is 101 Å². The lowest BCUT2D eigenvalue weighted by Crippen LogP contribution is -2.57. The van der Waals surface area contributed by atoms with Gasteiger partial charge in [0, 0.05) is 30.9 Å². The first-order valence-corrected chi connectivity index (χ1v) is 13.2. The molecule has 0 aromatic heterocycles. The number of amides is 3. The monoisotopic (exact) mass is 568 g/mol. The van der Waals surface area contributed by atoms with Crippen molar-refractivity contribution in [3.8, 4) is 0 Å². The van der Waals surface area contributed by atoms with Gasteiger partial charge in [0.25, 0.3) is 11.8 Å². The van der Waals surface area contributed by atoms with Crippen molar-refractivity contribution in [1.29, 1.82) is 0 Å². The molecule has 214 valence electrons. The van der Waals surface area contributed by atoms with Crippen LogP contribution < -0.4 is 10.2 Å². The first kappa shape index (κ1) is 28.1. The van der Waals surface area contributed by atoms with Gasteiger partial charge >= 0.3 is 6.18 Å². The quantitative estimate of drug-likeness (QED) is 0.447. The minimum Gasteiger partial charge on any atom is -0.350 e. The molecule has 2 fully saturated rings. The van der Waals surface area contributed by atoms with Crippen LogP contribution in [0.1, 0.15) is 34.3 Å². The van der Waals surface area contributed by atoms with E-state index in [9.17, 15) is 31.9 Å². The molecule has 0 radical (unpaired) electrons. The van der Waals surface area contributed by atoms with E-state index in [0.717, 1.165) is 23.4 Å². The largest absolute Gasteiger partial charge is 0.416 e. The molecule has 3 amide bonds. The maximum atomic E-state index is 13.8. The SMILES string of the molecule is O=C(CN1CN(c2ccccc2)C2(CCN(C(=O)c3ccc(C(F)(F)F)cc3)CC2)C1=O)NCc1ccc(F)cc1. The van der Waals surface area contributed by atoms with Crippen LogP contribution >= 0.6 is 0 Å². The number of halogens is 4. The summed E-state index contributed by atoms with van der Waals surface area (Å²) in [5.74, 6) is -1.36. The van der Waals surface area contributed by atoms with Crippen molar-refractivity contribution in [2.75, 3.05) is 31.2 Å². The maximum absolute atomic E-state index is 13.8. The molecule has 1 spiro atoms. The number of para-hydroxylation sites is 1. The third-order valence-corrected chi connectivity index (χ3v) is 7.66. The first-order chi connectivity index (χ1) is 19.6. The summed E-state index contributed by atoms with van der Waals surface area (Å²) >= 11 is 0. The van der Waals surface area contributed by atoms with E-state index >= 15 is 0 Å². The van der Waals surface area contributed by atoms with Gasteiger partial charge in [-0.3, -0.25) is 14.4 Å². The van der Waals surface area contributed by atoms with Crippen LogP contribution in [-0.4, -0.2) is 59.4 Å². The molecule has 2 aliphatic rings. The predicted octanol–water partition coefficient (Wildman–Crippen LogP) is 4.44. The predicted molar refractivity (Wildman–Crippen MR) is 143 cm³/mol. The number of nitrogens with zero attached hydrogens (tertiary/aromatic N) is 3. The van der Waals surface area contributed by atoms with Crippen LogP contribution in [0.15, 0.2) is 78.9 Å². The Labute approximate surface area is 234 Å². The Morgan fingerprint density at radius 2 is 1.51 bits per heavy atom. The van der Waals surface area contributed by atoms with E-state index in [1.54, 1.807) is 17.0 Å². The number of nitrogens with one attached hydrogen (secondary N) is 1. The van der Waals surface area contributed by atoms with Gasteiger partial charge in [0.1, 0.15) is 17.9 Å². The van der Waals surface area contributed by atoms with Gasteiger partial charge in [-0.05, 0) is 66.9 Å². The molecule has 7 nitrogen and oxygen atoms in total. The number of hydrogen-bond donors (Lipinski definition) is 1. The Kier molecular flexibility index (Phi) is 7.70. The number of carbonyl (C=O) groups excluding carboxylic acids is 3. The van der Waals surface area contributed by atoms with Gasteiger partial charge in [-0.15, -0.1) is 0 Å². The molecule has 2 aliphatic heterocycles. The molecule has 0 unspecified atom stereocenters. The van der Waals surface area contributed by atoms with E-state index in [0.29, 0.717) is 12.8 Å². The summed E-state index contributed by atoms with van der Waals surface area (Å²) in [5, 5.41) is 2.77. The summed E-state index contributed by atoms with van der Waals surface area (Å²) in [6.45, 7) is 0.647. The van der Waals surface area contributed by atoms with E-state index in [2.05, 4.69) is 5.32 Å². The standard InChI is InChI=1S/C30H28F4N4O3/c31-24-12-6-21(7-13-24)18-35-26(39)19-37-20-38(25-4-2-1-3-5-25)29(28(37)41)14-16-36(17-15-29)27(40)22-8-10-23(11-9-22)30(32,33)34/h1-13H,14-20H2,(H,35,39). The fraction of sp³-hybridized carbons (Fsp3) is 0.300. The molecule has 3 aromatic carbocycles. The minimum absolute atomic E-state index is 0.145. The molecule has 41 heavy (non-hydrogen) atoms. The molecular formula is C30H28F4N4O3. The Bertz CT molecular complexity index is 1400. The fourth-order valence-electron chi connectivity index (χ4n) is 5.42. The van der Waals surface area contributed by atoms with Crippen molar-refractivity contribution in [1.82, 2.24) is 15.1 Å². The molecular weight excluding hydrogens is 540 g/mol. The summed E-state index contributed by atoms with van der Waals surface area (Å²) < 4.78 is 52.0. The third kappa shape index (κ3) is 5.89. The van der Waals surface area contributed by atoms with Gasteiger partial charge < -0.3 is 20.0 Å². The van der Waals surface area contributed by atoms with Gasteiger partial charge in [0.05, 0.1) is 12.2 Å². The molecule has 11 heteroatoms. The summed E-state index contributed by atoms with van der Waals surface area (Å²) in [7, 11) is 0. The van der Waals surface area contributed by atoms with Crippen LogP contribution in [0, 0.1) is 5.82 Å². The van der Waals surface area contributed by atoms with E-state index in [1.807, 2.05) is 35.2 Å². The molecule has 5 rings (SSSR count). The minimum atomic E-state index is -4.49. The second-order valence-electron chi connectivity index (χ2n) is 10.2. The zero-order valence-electron chi connectivity index (χ0n) is 22.0. The molecule has 3 aromatic rings. The smallest absolute Gasteiger partial charge is 0.350 e. The van der Waals surface area contributed by atoms with Crippen LogP contribution in [0.4, 0.5) is 23.2 Å². The molecule has 2 saturated heterocycles. The maximum Gasteiger partial charge on any atom is 0.416 e. The molecule has 2 heterocycles. The van der Waals surface area contributed by atoms with Crippen LogP contribution in [0.3, 0.4) is 0 Å². The highest BCUT2D eigenvalue weighted by Gasteiger charge is 2.54. The van der Waals surface area contributed by atoms with E-state index in [-0.39, 0.29) is 56.0 Å². The van der Waals surface area contributed by atoms with Crippen LogP contribution in [0.2, 0.25) is 0 Å². The Balaban J connectivity index is 1.28. The van der Waals surface area contributed by atoms with Crippen molar-refractivity contribution in [2.45, 2.75) is 31.1 Å². The lowest BCUT2D eigenvalue weighted by molar-refractivity contribution is -0.137. The van der Waals surface area contributed by atoms with Crippen molar-refractivity contribution in [2.24, 2.45) is 0 Å². The van der Waals surface area contributed by atoms with Crippen molar-refractivity contribution < 1.29 is 31.9 Å². The molecule has 0 atom stereocenters. The number of rotatable bonds is 6. The van der Waals surface area contributed by atoms with Gasteiger partial charge in [-0.2, -0.15) is 13.2 Å². The van der Waals surface area contributed by atoms with Gasteiger partial charge in [0.15, 0.2) is 0 Å². The summed E-state index contributed by atoms with van der Waals surface area (Å²) in [5.41, 5.74) is -0.137. The Morgan fingerprint density at radius 1 is 0.878 bits per heavy atom. The van der Waals surface area contributed by atoms with Crippen LogP contribution in [0.5, 0.6) is 0 Å². The van der Waals surface area contributed by atoms with Crippen molar-refractivity contribution in [3.63, 3.8) is 0 Å². The second-order valence-corrected chi connectivity index (χ2v) is 10.2. The molecule has 0 saturated carbocycles. The Morgan fingerprint density at radius 3 is 2.12 bits per heavy atom. The lowest BCUT2D eigenvalue weighted by atomic mass is 9.85. The van der Waals surface area contributed by atoms with Crippen molar-refractivity contribution >= 4 is 23.4 Å². The van der Waals surface area contributed by atoms with Crippen LogP contribution in [0.25, 0.3) is 0 Å². The van der Waals surface area contributed by atoms with Crippen LogP contribution in [-0.2, 0) is 22.3 Å². The number of anilines is 1. The third-order valence-electron chi connectivity index (χ3n) is 7.66. The highest BCUT2D eigenvalue weighted by atomic mass is 19.4. The van der Waals surface area contributed by atoms with Gasteiger partial charge in [0.2, 0.25) is 5.91 Å². The van der Waals surface area contributed by atoms with E-state index < -0.39 is 23.2 Å². The number of hydrogen-bond acceptors (Lipinski definition) is 4. The van der Waals surface area contributed by atoms with E-state index in [4.69, 9.17) is 0 Å². The second kappa shape index (κ2) is 11.2. The average molecular weight is 569 g/mol. The molecule has 1 N–H and O–H groups in total. The summed E-state index contributed by atoms with van der Waals surface area (Å²) in [6.07, 6.45) is -3.91. The average Bonchev–Trinajstić information content (AvgIpc) is 3.23. The van der Waals surface area contributed by atoms with Gasteiger partial charge in [-0.25, -0.2) is 4.39 Å². The first-order valence-electron chi connectivity index (χ1n) is 13.2. The zero-order valence-corrected chi connectivity index (χ0v) is 22.0. The molecule has 0 bridgehead atoms. The fourth-order valence-corrected chi connectivity index (χ4v) is 5.42. The molecule has 0 aliphatic carbocycles.